The van der Waals surface area contributed by atoms with Gasteiger partial charge in [0.1, 0.15) is 12.4 Å². The Balaban J connectivity index is 0.00000288. The molecule has 0 saturated heterocycles. The Morgan fingerprint density at radius 3 is 2.58 bits per heavy atom. The maximum absolute atomic E-state index is 9.93. The molecule has 24 heavy (non-hydrogen) atoms. The normalized spacial score (nSPS) is 16.5. The van der Waals surface area contributed by atoms with E-state index in [-0.39, 0.29) is 12.4 Å². The van der Waals surface area contributed by atoms with Gasteiger partial charge in [0, 0.05) is 12.6 Å². The van der Waals surface area contributed by atoms with Gasteiger partial charge in [-0.05, 0) is 49.9 Å². The first kappa shape index (κ1) is 21.2. The van der Waals surface area contributed by atoms with E-state index in [1.54, 1.807) is 0 Å². The topological polar surface area (TPSA) is 50.7 Å². The largest absolute Gasteiger partial charge is 0.491 e. The van der Waals surface area contributed by atoms with Crippen LogP contribution in [0.3, 0.4) is 0 Å². The fraction of sp³-hybridized carbons (Fsp3) is 0.684. The number of aliphatic hydroxyl groups is 1. The summed E-state index contributed by atoms with van der Waals surface area (Å²) in [5.74, 6) is 0.871. The van der Waals surface area contributed by atoms with Crippen molar-refractivity contribution < 1.29 is 14.6 Å². The van der Waals surface area contributed by atoms with Gasteiger partial charge in [-0.3, -0.25) is 0 Å². The molecule has 1 unspecified atom stereocenters. The predicted molar refractivity (Wildman–Crippen MR) is 100 cm³/mol. The summed E-state index contributed by atoms with van der Waals surface area (Å²) in [4.78, 5) is 0. The van der Waals surface area contributed by atoms with E-state index >= 15 is 0 Å². The lowest BCUT2D eigenvalue weighted by molar-refractivity contribution is 0.0235. The van der Waals surface area contributed by atoms with Crippen molar-refractivity contribution in [2.45, 2.75) is 58.1 Å². The van der Waals surface area contributed by atoms with E-state index in [9.17, 15) is 5.11 Å². The van der Waals surface area contributed by atoms with Crippen molar-refractivity contribution in [2.75, 3.05) is 26.4 Å². The van der Waals surface area contributed by atoms with Crippen molar-refractivity contribution in [3.05, 3.63) is 29.3 Å². The van der Waals surface area contributed by atoms with Crippen LogP contribution in [0.15, 0.2) is 18.2 Å². The molecule has 0 amide bonds. The monoisotopic (exact) mass is 357 g/mol. The van der Waals surface area contributed by atoms with Gasteiger partial charge in [-0.2, -0.15) is 0 Å². The van der Waals surface area contributed by atoms with Crippen molar-refractivity contribution in [3.8, 4) is 5.75 Å². The molecule has 138 valence electrons. The molecule has 2 N–H and O–H groups in total. The Labute approximate surface area is 152 Å². The molecule has 0 aromatic heterocycles. The van der Waals surface area contributed by atoms with Gasteiger partial charge in [-0.15, -0.1) is 12.4 Å². The smallest absolute Gasteiger partial charge is 0.119 e. The average Bonchev–Trinajstić information content (AvgIpc) is 2.57. The zero-order valence-corrected chi connectivity index (χ0v) is 15.7. The highest BCUT2D eigenvalue weighted by Gasteiger charge is 2.14. The Hall–Kier alpha value is -0.810. The zero-order chi connectivity index (χ0) is 16.5. The van der Waals surface area contributed by atoms with Crippen LogP contribution in [0.25, 0.3) is 0 Å². The predicted octanol–water partition coefficient (Wildman–Crippen LogP) is 3.40. The van der Waals surface area contributed by atoms with Crippen LogP contribution in [0.4, 0.5) is 0 Å². The quantitative estimate of drug-likeness (QED) is 0.665. The third kappa shape index (κ3) is 7.84. The van der Waals surface area contributed by atoms with E-state index in [0.29, 0.717) is 32.4 Å². The Morgan fingerprint density at radius 1 is 1.12 bits per heavy atom. The highest BCUT2D eigenvalue weighted by atomic mass is 35.5. The number of aryl methyl sites for hydroxylation is 2. The molecular weight excluding hydrogens is 326 g/mol. The van der Waals surface area contributed by atoms with E-state index in [1.165, 1.54) is 43.2 Å². The van der Waals surface area contributed by atoms with Crippen LogP contribution in [0.1, 0.15) is 43.2 Å². The van der Waals surface area contributed by atoms with E-state index in [4.69, 9.17) is 9.47 Å². The molecule has 1 aliphatic carbocycles. The molecule has 0 bridgehead atoms. The minimum Gasteiger partial charge on any atom is -0.491 e. The third-order valence-electron chi connectivity index (χ3n) is 4.53. The molecule has 2 rings (SSSR count). The van der Waals surface area contributed by atoms with Crippen molar-refractivity contribution >= 4 is 12.4 Å². The number of benzene rings is 1. The number of hydrogen-bond acceptors (Lipinski definition) is 4. The van der Waals surface area contributed by atoms with Crippen molar-refractivity contribution in [2.24, 2.45) is 0 Å². The summed E-state index contributed by atoms with van der Waals surface area (Å²) in [6.45, 7) is 6.14. The SMILES string of the molecule is Cc1ccc(OCCOCC(O)CNC2CCCCC2)cc1C.Cl. The second kappa shape index (κ2) is 11.7. The summed E-state index contributed by atoms with van der Waals surface area (Å²) in [6, 6.07) is 6.65. The molecule has 1 aromatic rings. The summed E-state index contributed by atoms with van der Waals surface area (Å²) >= 11 is 0. The average molecular weight is 358 g/mol. The third-order valence-corrected chi connectivity index (χ3v) is 4.53. The van der Waals surface area contributed by atoms with E-state index in [0.717, 1.165) is 5.75 Å². The minimum absolute atomic E-state index is 0. The van der Waals surface area contributed by atoms with E-state index in [2.05, 4.69) is 25.2 Å². The summed E-state index contributed by atoms with van der Waals surface area (Å²) in [5.41, 5.74) is 2.50. The van der Waals surface area contributed by atoms with Crippen molar-refractivity contribution in [3.63, 3.8) is 0 Å². The van der Waals surface area contributed by atoms with Gasteiger partial charge in [0.15, 0.2) is 0 Å². The lowest BCUT2D eigenvalue weighted by Crippen LogP contribution is -2.38. The van der Waals surface area contributed by atoms with E-state index in [1.807, 2.05) is 12.1 Å². The first-order chi connectivity index (χ1) is 11.1. The summed E-state index contributed by atoms with van der Waals surface area (Å²) < 4.78 is 11.2. The molecule has 1 aromatic carbocycles. The molecule has 1 fully saturated rings. The lowest BCUT2D eigenvalue weighted by Gasteiger charge is -2.24. The van der Waals surface area contributed by atoms with Crippen LogP contribution >= 0.6 is 12.4 Å². The van der Waals surface area contributed by atoms with Gasteiger partial charge in [-0.1, -0.05) is 25.3 Å². The summed E-state index contributed by atoms with van der Waals surface area (Å²) in [7, 11) is 0. The van der Waals surface area contributed by atoms with Gasteiger partial charge in [-0.25, -0.2) is 0 Å². The van der Waals surface area contributed by atoms with Gasteiger partial charge in [0.2, 0.25) is 0 Å². The molecule has 1 atom stereocenters. The van der Waals surface area contributed by atoms with Gasteiger partial charge < -0.3 is 19.9 Å². The fourth-order valence-corrected chi connectivity index (χ4v) is 2.91. The van der Waals surface area contributed by atoms with Crippen LogP contribution in [0, 0.1) is 13.8 Å². The summed E-state index contributed by atoms with van der Waals surface area (Å²) in [5, 5.41) is 13.4. The maximum Gasteiger partial charge on any atom is 0.119 e. The number of ether oxygens (including phenoxy) is 2. The first-order valence-corrected chi connectivity index (χ1v) is 8.84. The highest BCUT2D eigenvalue weighted by Crippen LogP contribution is 2.17. The zero-order valence-electron chi connectivity index (χ0n) is 14.9. The number of hydrogen-bond donors (Lipinski definition) is 2. The molecule has 0 radical (unpaired) electrons. The van der Waals surface area contributed by atoms with Crippen molar-refractivity contribution in [1.29, 1.82) is 0 Å². The Bertz CT molecular complexity index is 464. The van der Waals surface area contributed by atoms with Crippen LogP contribution < -0.4 is 10.1 Å². The second-order valence-corrected chi connectivity index (χ2v) is 6.57. The molecule has 0 spiro atoms. The maximum atomic E-state index is 9.93. The van der Waals surface area contributed by atoms with Crippen LogP contribution in [0.5, 0.6) is 5.75 Å². The molecule has 0 heterocycles. The minimum atomic E-state index is -0.446. The van der Waals surface area contributed by atoms with E-state index < -0.39 is 6.10 Å². The van der Waals surface area contributed by atoms with Gasteiger partial charge in [0.05, 0.1) is 19.3 Å². The Morgan fingerprint density at radius 2 is 1.88 bits per heavy atom. The molecule has 1 saturated carbocycles. The van der Waals surface area contributed by atoms with Crippen molar-refractivity contribution in [1.82, 2.24) is 5.32 Å². The number of nitrogens with one attached hydrogen (secondary N) is 1. The summed E-state index contributed by atoms with van der Waals surface area (Å²) in [6.07, 6.45) is 5.98. The van der Waals surface area contributed by atoms with Crippen LogP contribution in [0.2, 0.25) is 0 Å². The first-order valence-electron chi connectivity index (χ1n) is 8.84. The molecule has 5 heteroatoms. The molecule has 4 nitrogen and oxygen atoms in total. The Kier molecular flexibility index (Phi) is 10.3. The van der Waals surface area contributed by atoms with Gasteiger partial charge >= 0.3 is 0 Å². The number of rotatable bonds is 9. The van der Waals surface area contributed by atoms with Crippen LogP contribution in [-0.4, -0.2) is 43.6 Å². The number of aliphatic hydroxyl groups excluding tert-OH is 1. The highest BCUT2D eigenvalue weighted by molar-refractivity contribution is 5.85. The molecule has 1 aliphatic rings. The molecular formula is C19H32ClNO3. The lowest BCUT2D eigenvalue weighted by atomic mass is 9.95. The number of halogens is 1. The van der Waals surface area contributed by atoms with Crippen LogP contribution in [-0.2, 0) is 4.74 Å². The molecule has 0 aliphatic heterocycles. The standard InChI is InChI=1S/C19H31NO3.ClH/c1-15-8-9-19(12-16(15)2)23-11-10-22-14-18(21)13-20-17-6-4-3-5-7-17;/h8-9,12,17-18,20-21H,3-7,10-11,13-14H2,1-2H3;1H. The van der Waals surface area contributed by atoms with Gasteiger partial charge in [0.25, 0.3) is 0 Å². The second-order valence-electron chi connectivity index (χ2n) is 6.57. The fourth-order valence-electron chi connectivity index (χ4n) is 2.91.